The van der Waals surface area contributed by atoms with E-state index in [1.54, 1.807) is 4.68 Å². The Labute approximate surface area is 127 Å². The molecule has 0 saturated carbocycles. The molecule has 21 heavy (non-hydrogen) atoms. The van der Waals surface area contributed by atoms with Crippen molar-refractivity contribution >= 4 is 17.7 Å². The van der Waals surface area contributed by atoms with Gasteiger partial charge in [0.25, 0.3) is 0 Å². The number of aromatic nitrogens is 4. The van der Waals surface area contributed by atoms with Gasteiger partial charge in [-0.3, -0.25) is 4.79 Å². The second kappa shape index (κ2) is 7.78. The summed E-state index contributed by atoms with van der Waals surface area (Å²) in [6.45, 7) is 2.12. The third kappa shape index (κ3) is 4.29. The minimum atomic E-state index is -0.189. The normalized spacial score (nSPS) is 10.6. The van der Waals surface area contributed by atoms with Crippen molar-refractivity contribution in [2.45, 2.75) is 31.3 Å². The highest BCUT2D eigenvalue weighted by atomic mass is 32.2. The van der Waals surface area contributed by atoms with Crippen molar-refractivity contribution in [2.75, 3.05) is 12.9 Å². The van der Waals surface area contributed by atoms with Gasteiger partial charge < -0.3 is 4.74 Å². The maximum Gasteiger partial charge on any atom is 0.305 e. The van der Waals surface area contributed by atoms with E-state index in [1.165, 1.54) is 24.4 Å². The molecule has 2 rings (SSSR count). The molecule has 0 amide bonds. The Bertz CT molecular complexity index is 583. The molecule has 1 aromatic carbocycles. The number of carbonyl (C=O) groups excluding carboxylic acids is 1. The van der Waals surface area contributed by atoms with Crippen LogP contribution in [0.25, 0.3) is 5.69 Å². The van der Waals surface area contributed by atoms with Gasteiger partial charge in [-0.2, -0.15) is 4.68 Å². The van der Waals surface area contributed by atoms with E-state index in [9.17, 15) is 4.79 Å². The number of rotatable bonds is 7. The third-order valence-corrected chi connectivity index (χ3v) is 4.02. The number of ether oxygens (including phenoxy) is 1. The van der Waals surface area contributed by atoms with Crippen LogP contribution in [-0.4, -0.2) is 39.0 Å². The molecule has 0 N–H and O–H groups in total. The Morgan fingerprint density at radius 1 is 1.33 bits per heavy atom. The molecular formula is C14H18N4O2S. The van der Waals surface area contributed by atoms with E-state index >= 15 is 0 Å². The average molecular weight is 306 g/mol. The van der Waals surface area contributed by atoms with Crippen molar-refractivity contribution in [2.24, 2.45) is 0 Å². The Kier molecular flexibility index (Phi) is 5.74. The molecule has 0 atom stereocenters. The SMILES string of the molecule is CCc1ccc(-n2nnnc2SCCCC(=O)OC)cc1. The fraction of sp³-hybridized carbons (Fsp3) is 0.429. The topological polar surface area (TPSA) is 69.9 Å². The van der Waals surface area contributed by atoms with Crippen LogP contribution in [0.5, 0.6) is 0 Å². The van der Waals surface area contributed by atoms with Gasteiger partial charge in [-0.05, 0) is 41.0 Å². The number of tetrazole rings is 1. The third-order valence-electron chi connectivity index (χ3n) is 3.01. The number of nitrogens with zero attached hydrogens (tertiary/aromatic N) is 4. The summed E-state index contributed by atoms with van der Waals surface area (Å²) >= 11 is 1.53. The molecule has 0 bridgehead atoms. The van der Waals surface area contributed by atoms with Crippen LogP contribution in [0, 0.1) is 0 Å². The number of aryl methyl sites for hydroxylation is 1. The molecule has 6 nitrogen and oxygen atoms in total. The monoisotopic (exact) mass is 306 g/mol. The van der Waals surface area contributed by atoms with Gasteiger partial charge in [0, 0.05) is 12.2 Å². The summed E-state index contributed by atoms with van der Waals surface area (Å²) < 4.78 is 6.32. The van der Waals surface area contributed by atoms with E-state index in [4.69, 9.17) is 0 Å². The van der Waals surface area contributed by atoms with E-state index in [2.05, 4.69) is 39.3 Å². The van der Waals surface area contributed by atoms with Crippen LogP contribution in [0.2, 0.25) is 0 Å². The highest BCUT2D eigenvalue weighted by Crippen LogP contribution is 2.19. The van der Waals surface area contributed by atoms with Crippen molar-refractivity contribution in [1.82, 2.24) is 20.2 Å². The maximum absolute atomic E-state index is 11.0. The molecule has 1 aromatic heterocycles. The quantitative estimate of drug-likeness (QED) is 0.444. The summed E-state index contributed by atoms with van der Waals surface area (Å²) in [5.41, 5.74) is 2.21. The van der Waals surface area contributed by atoms with E-state index in [0.29, 0.717) is 6.42 Å². The largest absolute Gasteiger partial charge is 0.469 e. The molecule has 0 aliphatic carbocycles. The number of hydrogen-bond acceptors (Lipinski definition) is 6. The van der Waals surface area contributed by atoms with E-state index in [1.807, 2.05) is 12.1 Å². The van der Waals surface area contributed by atoms with Crippen LogP contribution in [0.3, 0.4) is 0 Å². The van der Waals surface area contributed by atoms with Crippen molar-refractivity contribution in [3.63, 3.8) is 0 Å². The van der Waals surface area contributed by atoms with Crippen molar-refractivity contribution in [1.29, 1.82) is 0 Å². The number of hydrogen-bond donors (Lipinski definition) is 0. The Morgan fingerprint density at radius 3 is 2.76 bits per heavy atom. The van der Waals surface area contributed by atoms with Crippen LogP contribution in [-0.2, 0) is 16.0 Å². The smallest absolute Gasteiger partial charge is 0.305 e. The first-order valence-corrected chi connectivity index (χ1v) is 7.80. The first kappa shape index (κ1) is 15.5. The van der Waals surface area contributed by atoms with Gasteiger partial charge in [-0.25, -0.2) is 0 Å². The van der Waals surface area contributed by atoms with Gasteiger partial charge in [0.05, 0.1) is 12.8 Å². The van der Waals surface area contributed by atoms with Crippen LogP contribution >= 0.6 is 11.8 Å². The molecule has 7 heteroatoms. The Morgan fingerprint density at radius 2 is 2.10 bits per heavy atom. The van der Waals surface area contributed by atoms with Gasteiger partial charge in [0.2, 0.25) is 5.16 Å². The zero-order valence-electron chi connectivity index (χ0n) is 12.2. The second-order valence-electron chi connectivity index (χ2n) is 4.42. The highest BCUT2D eigenvalue weighted by Gasteiger charge is 2.09. The average Bonchev–Trinajstić information content (AvgIpc) is 2.99. The number of esters is 1. The maximum atomic E-state index is 11.0. The lowest BCUT2D eigenvalue weighted by atomic mass is 10.1. The van der Waals surface area contributed by atoms with Gasteiger partial charge in [-0.15, -0.1) is 5.10 Å². The molecule has 0 aliphatic heterocycles. The molecule has 0 spiro atoms. The molecule has 1 heterocycles. The van der Waals surface area contributed by atoms with E-state index in [0.717, 1.165) is 29.4 Å². The summed E-state index contributed by atoms with van der Waals surface area (Å²) in [5.74, 6) is 0.577. The number of carbonyl (C=O) groups is 1. The molecular weight excluding hydrogens is 288 g/mol. The first-order chi connectivity index (χ1) is 10.2. The molecule has 0 aliphatic rings. The molecule has 0 radical (unpaired) electrons. The number of thioether (sulfide) groups is 1. The van der Waals surface area contributed by atoms with Crippen LogP contribution in [0.1, 0.15) is 25.3 Å². The zero-order chi connectivity index (χ0) is 15.1. The summed E-state index contributed by atoms with van der Waals surface area (Å²) in [6, 6.07) is 8.16. The van der Waals surface area contributed by atoms with Crippen LogP contribution in [0.4, 0.5) is 0 Å². The lowest BCUT2D eigenvalue weighted by Crippen LogP contribution is -2.02. The van der Waals surface area contributed by atoms with Crippen LogP contribution < -0.4 is 0 Å². The van der Waals surface area contributed by atoms with Crippen molar-refractivity contribution in [3.8, 4) is 5.69 Å². The predicted molar refractivity (Wildman–Crippen MR) is 80.5 cm³/mol. The summed E-state index contributed by atoms with van der Waals surface area (Å²) in [4.78, 5) is 11.0. The minimum absolute atomic E-state index is 0.189. The standard InChI is InChI=1S/C14H18N4O2S/c1-3-11-6-8-12(9-7-11)18-14(15-16-17-18)21-10-4-5-13(19)20-2/h6-9H,3-5,10H2,1-2H3. The van der Waals surface area contributed by atoms with Crippen LogP contribution in [0.15, 0.2) is 29.4 Å². The summed E-state index contributed by atoms with van der Waals surface area (Å²) in [7, 11) is 1.40. The molecule has 0 fully saturated rings. The summed E-state index contributed by atoms with van der Waals surface area (Å²) in [5, 5.41) is 12.5. The first-order valence-electron chi connectivity index (χ1n) is 6.82. The number of benzene rings is 1. The zero-order valence-corrected chi connectivity index (χ0v) is 13.0. The fourth-order valence-corrected chi connectivity index (χ4v) is 2.62. The molecule has 2 aromatic rings. The van der Waals surface area contributed by atoms with Gasteiger partial charge in [0.1, 0.15) is 0 Å². The summed E-state index contributed by atoms with van der Waals surface area (Å²) in [6.07, 6.45) is 2.15. The highest BCUT2D eigenvalue weighted by molar-refractivity contribution is 7.99. The van der Waals surface area contributed by atoms with Crippen molar-refractivity contribution < 1.29 is 9.53 Å². The lowest BCUT2D eigenvalue weighted by Gasteiger charge is -2.05. The lowest BCUT2D eigenvalue weighted by molar-refractivity contribution is -0.140. The van der Waals surface area contributed by atoms with E-state index in [-0.39, 0.29) is 5.97 Å². The predicted octanol–water partition coefficient (Wildman–Crippen LogP) is 2.27. The molecule has 0 unspecified atom stereocenters. The van der Waals surface area contributed by atoms with Gasteiger partial charge >= 0.3 is 5.97 Å². The van der Waals surface area contributed by atoms with Gasteiger partial charge in [0.15, 0.2) is 0 Å². The van der Waals surface area contributed by atoms with Gasteiger partial charge in [-0.1, -0.05) is 30.8 Å². The van der Waals surface area contributed by atoms with E-state index < -0.39 is 0 Å². The molecule has 0 saturated heterocycles. The van der Waals surface area contributed by atoms with Crippen molar-refractivity contribution in [3.05, 3.63) is 29.8 Å². The second-order valence-corrected chi connectivity index (χ2v) is 5.48. The number of methoxy groups -OCH3 is 1. The molecule has 112 valence electrons. The minimum Gasteiger partial charge on any atom is -0.469 e. The fourth-order valence-electron chi connectivity index (χ4n) is 1.79. The Balaban J connectivity index is 1.96. The Hall–Kier alpha value is -1.89.